The molecule has 5 heteroatoms. The minimum absolute atomic E-state index is 0.0928. The minimum Gasteiger partial charge on any atom is -0.300 e. The molecule has 0 aliphatic rings. The SMILES string of the molecule is CCN(C)P(=O)(OC)OC(C)C. The van der Waals surface area contributed by atoms with E-state index >= 15 is 0 Å². The van der Waals surface area contributed by atoms with E-state index in [4.69, 9.17) is 9.05 Å². The van der Waals surface area contributed by atoms with E-state index in [1.165, 1.54) is 7.11 Å². The summed E-state index contributed by atoms with van der Waals surface area (Å²) >= 11 is 0. The molecular weight excluding hydrogens is 177 g/mol. The fourth-order valence-corrected chi connectivity index (χ4v) is 2.11. The fourth-order valence-electron chi connectivity index (χ4n) is 0.703. The first kappa shape index (κ1) is 12.1. The quantitative estimate of drug-likeness (QED) is 0.630. The third kappa shape index (κ3) is 3.23. The van der Waals surface area contributed by atoms with Gasteiger partial charge in [0.1, 0.15) is 0 Å². The molecule has 0 radical (unpaired) electrons. The Hall–Kier alpha value is 0.110. The summed E-state index contributed by atoms with van der Waals surface area (Å²) in [5.41, 5.74) is 0. The lowest BCUT2D eigenvalue weighted by Crippen LogP contribution is -2.19. The van der Waals surface area contributed by atoms with Gasteiger partial charge in [-0.3, -0.25) is 9.05 Å². The van der Waals surface area contributed by atoms with Gasteiger partial charge in [-0.05, 0) is 20.9 Å². The lowest BCUT2D eigenvalue weighted by molar-refractivity contribution is 0.154. The van der Waals surface area contributed by atoms with Crippen LogP contribution in [0.4, 0.5) is 0 Å². The zero-order chi connectivity index (χ0) is 9.78. The van der Waals surface area contributed by atoms with Gasteiger partial charge in [0.05, 0.1) is 6.10 Å². The van der Waals surface area contributed by atoms with Crippen LogP contribution in [0.25, 0.3) is 0 Å². The lowest BCUT2D eigenvalue weighted by Gasteiger charge is -2.25. The summed E-state index contributed by atoms with van der Waals surface area (Å²) in [4.78, 5) is 0. The summed E-state index contributed by atoms with van der Waals surface area (Å²) in [6, 6.07) is 0. The van der Waals surface area contributed by atoms with Crippen molar-refractivity contribution in [3.63, 3.8) is 0 Å². The number of hydrogen-bond acceptors (Lipinski definition) is 3. The normalized spacial score (nSPS) is 16.9. The van der Waals surface area contributed by atoms with Gasteiger partial charge in [0.2, 0.25) is 0 Å². The van der Waals surface area contributed by atoms with Crippen LogP contribution < -0.4 is 0 Å². The Morgan fingerprint density at radius 2 is 2.00 bits per heavy atom. The van der Waals surface area contributed by atoms with Crippen molar-refractivity contribution in [3.05, 3.63) is 0 Å². The average Bonchev–Trinajstić information content (AvgIpc) is 2.01. The van der Waals surface area contributed by atoms with Crippen LogP contribution in [0.15, 0.2) is 0 Å². The van der Waals surface area contributed by atoms with E-state index in [1.54, 1.807) is 11.7 Å². The van der Waals surface area contributed by atoms with E-state index in [0.717, 1.165) is 0 Å². The van der Waals surface area contributed by atoms with Gasteiger partial charge >= 0.3 is 7.75 Å². The summed E-state index contributed by atoms with van der Waals surface area (Å²) in [7, 11) is 0.0990. The molecule has 0 saturated heterocycles. The first-order valence-electron chi connectivity index (χ1n) is 4.02. The molecule has 0 bridgehead atoms. The summed E-state index contributed by atoms with van der Waals surface area (Å²) in [5.74, 6) is 0. The maximum Gasteiger partial charge on any atom is 0.407 e. The van der Waals surface area contributed by atoms with Gasteiger partial charge in [0.15, 0.2) is 0 Å². The first-order valence-corrected chi connectivity index (χ1v) is 5.51. The molecule has 0 heterocycles. The second-order valence-electron chi connectivity index (χ2n) is 2.78. The molecule has 4 nitrogen and oxygen atoms in total. The Bertz CT molecular complexity index is 172. The molecule has 12 heavy (non-hydrogen) atoms. The highest BCUT2D eigenvalue weighted by atomic mass is 31.2. The standard InChI is InChI=1S/C7H18NO3P/c1-6-8(4)12(9,10-5)11-7(2)3/h7H,6H2,1-5H3. The van der Waals surface area contributed by atoms with Crippen LogP contribution in [0.3, 0.4) is 0 Å². The van der Waals surface area contributed by atoms with Crippen molar-refractivity contribution in [2.45, 2.75) is 26.9 Å². The number of hydrogen-bond donors (Lipinski definition) is 0. The van der Waals surface area contributed by atoms with Crippen LogP contribution in [0, 0.1) is 0 Å². The minimum atomic E-state index is -3.01. The molecule has 0 amide bonds. The van der Waals surface area contributed by atoms with Crippen molar-refractivity contribution in [2.75, 3.05) is 20.7 Å². The molecule has 0 fully saturated rings. The lowest BCUT2D eigenvalue weighted by atomic mass is 10.5. The molecule has 1 unspecified atom stereocenters. The Balaban J connectivity index is 4.34. The Morgan fingerprint density at radius 3 is 2.25 bits per heavy atom. The average molecular weight is 195 g/mol. The molecule has 0 spiro atoms. The van der Waals surface area contributed by atoms with Gasteiger partial charge in [-0.15, -0.1) is 0 Å². The molecule has 0 aromatic rings. The third-order valence-corrected chi connectivity index (χ3v) is 3.72. The van der Waals surface area contributed by atoms with Crippen molar-refractivity contribution < 1.29 is 13.6 Å². The monoisotopic (exact) mass is 195 g/mol. The molecule has 0 aromatic carbocycles. The predicted octanol–water partition coefficient (Wildman–Crippen LogP) is 2.12. The topological polar surface area (TPSA) is 38.8 Å². The molecule has 0 N–H and O–H groups in total. The highest BCUT2D eigenvalue weighted by Gasteiger charge is 2.29. The second-order valence-corrected chi connectivity index (χ2v) is 4.98. The zero-order valence-corrected chi connectivity index (χ0v) is 9.30. The molecule has 0 aromatic heterocycles. The smallest absolute Gasteiger partial charge is 0.300 e. The summed E-state index contributed by atoms with van der Waals surface area (Å²) in [6.45, 7) is 6.19. The summed E-state index contributed by atoms with van der Waals surface area (Å²) < 4.78 is 23.4. The third-order valence-electron chi connectivity index (χ3n) is 1.45. The van der Waals surface area contributed by atoms with Gasteiger partial charge < -0.3 is 0 Å². The Labute approximate surface area is 74.4 Å². The van der Waals surface area contributed by atoms with E-state index in [0.29, 0.717) is 6.54 Å². The Morgan fingerprint density at radius 1 is 1.50 bits per heavy atom. The first-order chi connectivity index (χ1) is 5.46. The van der Waals surface area contributed by atoms with E-state index in [2.05, 4.69) is 0 Å². The Kier molecular flexibility index (Phi) is 5.02. The van der Waals surface area contributed by atoms with Gasteiger partial charge in [-0.1, -0.05) is 6.92 Å². The zero-order valence-electron chi connectivity index (χ0n) is 8.40. The van der Waals surface area contributed by atoms with Gasteiger partial charge in [-0.2, -0.15) is 0 Å². The molecule has 74 valence electrons. The van der Waals surface area contributed by atoms with Crippen molar-refractivity contribution in [2.24, 2.45) is 0 Å². The van der Waals surface area contributed by atoms with Crippen LogP contribution in [-0.2, 0) is 13.6 Å². The molecule has 0 aliphatic carbocycles. The molecule has 0 saturated carbocycles. The number of rotatable bonds is 5. The van der Waals surface area contributed by atoms with Crippen LogP contribution in [0.2, 0.25) is 0 Å². The fraction of sp³-hybridized carbons (Fsp3) is 1.00. The molecule has 0 aliphatic heterocycles. The van der Waals surface area contributed by atoms with Crippen molar-refractivity contribution in [1.29, 1.82) is 0 Å². The highest BCUT2D eigenvalue weighted by Crippen LogP contribution is 2.50. The molecule has 0 rings (SSSR count). The van der Waals surface area contributed by atoms with Crippen LogP contribution in [0.1, 0.15) is 20.8 Å². The largest absolute Gasteiger partial charge is 0.407 e. The summed E-state index contributed by atoms with van der Waals surface area (Å²) in [5, 5.41) is 0. The van der Waals surface area contributed by atoms with Crippen LogP contribution in [0.5, 0.6) is 0 Å². The molecule has 1 atom stereocenters. The van der Waals surface area contributed by atoms with E-state index in [1.807, 2.05) is 20.8 Å². The van der Waals surface area contributed by atoms with Crippen molar-refractivity contribution >= 4 is 7.75 Å². The maximum absolute atomic E-state index is 11.8. The maximum atomic E-state index is 11.8. The predicted molar refractivity (Wildman–Crippen MR) is 49.1 cm³/mol. The summed E-state index contributed by atoms with van der Waals surface area (Å²) in [6.07, 6.45) is -0.0928. The number of nitrogens with zero attached hydrogens (tertiary/aromatic N) is 1. The van der Waals surface area contributed by atoms with Gasteiger partial charge in [0, 0.05) is 13.7 Å². The second kappa shape index (κ2) is 4.97. The van der Waals surface area contributed by atoms with Crippen molar-refractivity contribution in [3.8, 4) is 0 Å². The van der Waals surface area contributed by atoms with Crippen molar-refractivity contribution in [1.82, 2.24) is 4.67 Å². The molecular formula is C7H18NO3P. The van der Waals surface area contributed by atoms with E-state index in [-0.39, 0.29) is 6.10 Å². The van der Waals surface area contributed by atoms with E-state index in [9.17, 15) is 4.57 Å². The van der Waals surface area contributed by atoms with Crippen LogP contribution >= 0.6 is 7.75 Å². The van der Waals surface area contributed by atoms with Gasteiger partial charge in [-0.25, -0.2) is 9.24 Å². The van der Waals surface area contributed by atoms with Gasteiger partial charge in [0.25, 0.3) is 0 Å². The highest BCUT2D eigenvalue weighted by molar-refractivity contribution is 7.51. The van der Waals surface area contributed by atoms with E-state index < -0.39 is 7.75 Å². The van der Waals surface area contributed by atoms with Crippen LogP contribution in [-0.4, -0.2) is 31.5 Å².